The Labute approximate surface area is 90.3 Å². The zero-order chi connectivity index (χ0) is 10.7. The molecule has 2 unspecified atom stereocenters. The van der Waals surface area contributed by atoms with Crippen LogP contribution in [0.3, 0.4) is 0 Å². The summed E-state index contributed by atoms with van der Waals surface area (Å²) in [5, 5.41) is 3.24. The van der Waals surface area contributed by atoms with Gasteiger partial charge in [-0.25, -0.2) is 0 Å². The van der Waals surface area contributed by atoms with Crippen LogP contribution in [0.5, 0.6) is 0 Å². The van der Waals surface area contributed by atoms with Crippen molar-refractivity contribution in [3.8, 4) is 0 Å². The maximum Gasteiger partial charge on any atom is 0.319 e. The van der Waals surface area contributed by atoms with Crippen LogP contribution in [0.1, 0.15) is 26.2 Å². The fourth-order valence-corrected chi connectivity index (χ4v) is 2.15. The van der Waals surface area contributed by atoms with E-state index in [2.05, 4.69) is 5.32 Å². The lowest BCUT2D eigenvalue weighted by molar-refractivity contribution is -0.142. The van der Waals surface area contributed by atoms with Gasteiger partial charge < -0.3 is 14.8 Å². The first kappa shape index (κ1) is 10.9. The topological polar surface area (TPSA) is 47.6 Å². The predicted molar refractivity (Wildman–Crippen MR) is 55.5 cm³/mol. The second kappa shape index (κ2) is 4.94. The van der Waals surface area contributed by atoms with Crippen LogP contribution in [0.4, 0.5) is 0 Å². The van der Waals surface area contributed by atoms with E-state index in [9.17, 15) is 4.79 Å². The molecule has 2 aliphatic rings. The lowest BCUT2D eigenvalue weighted by Crippen LogP contribution is -2.40. The van der Waals surface area contributed by atoms with Crippen molar-refractivity contribution in [2.24, 2.45) is 5.92 Å². The third-order valence-electron chi connectivity index (χ3n) is 3.04. The van der Waals surface area contributed by atoms with Crippen LogP contribution in [0.2, 0.25) is 0 Å². The number of hydrogen-bond acceptors (Lipinski definition) is 4. The Kier molecular flexibility index (Phi) is 3.59. The van der Waals surface area contributed by atoms with Crippen molar-refractivity contribution >= 4 is 5.97 Å². The normalized spacial score (nSPS) is 30.5. The summed E-state index contributed by atoms with van der Waals surface area (Å²) in [6.45, 7) is 3.41. The minimum Gasteiger partial charge on any atom is -0.465 e. The van der Waals surface area contributed by atoms with Crippen LogP contribution in [0.15, 0.2) is 0 Å². The summed E-state index contributed by atoms with van der Waals surface area (Å²) in [6.07, 6.45) is 3.91. The van der Waals surface area contributed by atoms with Gasteiger partial charge in [-0.05, 0) is 32.1 Å². The van der Waals surface area contributed by atoms with E-state index < -0.39 is 0 Å². The Hall–Kier alpha value is -0.610. The third-order valence-corrected chi connectivity index (χ3v) is 3.04. The fourth-order valence-electron chi connectivity index (χ4n) is 2.15. The number of nitrogens with one attached hydrogen (secondary N) is 1. The lowest BCUT2D eigenvalue weighted by Gasteiger charge is -2.18. The molecule has 0 radical (unpaired) electrons. The summed E-state index contributed by atoms with van der Waals surface area (Å²) >= 11 is 0. The van der Waals surface area contributed by atoms with E-state index in [-0.39, 0.29) is 5.97 Å². The van der Waals surface area contributed by atoms with Gasteiger partial charge in [0.25, 0.3) is 0 Å². The quantitative estimate of drug-likeness (QED) is 0.683. The molecule has 0 aromatic carbocycles. The summed E-state index contributed by atoms with van der Waals surface area (Å²) < 4.78 is 10.5. The van der Waals surface area contributed by atoms with Gasteiger partial charge in [0.15, 0.2) is 0 Å². The number of ether oxygens (including phenoxy) is 2. The van der Waals surface area contributed by atoms with E-state index in [0.717, 1.165) is 18.9 Å². The van der Waals surface area contributed by atoms with E-state index >= 15 is 0 Å². The zero-order valence-electron chi connectivity index (χ0n) is 9.20. The molecule has 86 valence electrons. The van der Waals surface area contributed by atoms with Gasteiger partial charge in [-0.15, -0.1) is 0 Å². The molecule has 0 bridgehead atoms. The van der Waals surface area contributed by atoms with Crippen molar-refractivity contribution in [1.29, 1.82) is 0 Å². The summed E-state index contributed by atoms with van der Waals surface area (Å²) in [5.74, 6) is 0.561. The third kappa shape index (κ3) is 2.92. The van der Waals surface area contributed by atoms with Gasteiger partial charge in [-0.2, -0.15) is 0 Å². The highest BCUT2D eigenvalue weighted by atomic mass is 16.5. The van der Waals surface area contributed by atoms with Crippen molar-refractivity contribution in [1.82, 2.24) is 5.32 Å². The molecule has 1 aliphatic carbocycles. The van der Waals surface area contributed by atoms with E-state index in [1.54, 1.807) is 0 Å². The molecule has 0 amide bonds. The minimum atomic E-state index is -0.168. The summed E-state index contributed by atoms with van der Waals surface area (Å²) in [7, 11) is 0. The van der Waals surface area contributed by atoms with Gasteiger partial charge in [0.05, 0.1) is 19.3 Å². The van der Waals surface area contributed by atoms with Crippen molar-refractivity contribution in [3.63, 3.8) is 0 Å². The van der Waals surface area contributed by atoms with E-state index in [1.807, 2.05) is 6.92 Å². The Morgan fingerprint density at radius 1 is 1.47 bits per heavy atom. The molecule has 2 rings (SSSR count). The molecule has 15 heavy (non-hydrogen) atoms. The van der Waals surface area contributed by atoms with Gasteiger partial charge in [-0.1, -0.05) is 0 Å². The largest absolute Gasteiger partial charge is 0.465 e. The highest BCUT2D eigenvalue weighted by Crippen LogP contribution is 2.38. The van der Waals surface area contributed by atoms with Crippen molar-refractivity contribution in [2.75, 3.05) is 19.8 Å². The van der Waals surface area contributed by atoms with Crippen molar-refractivity contribution in [3.05, 3.63) is 0 Å². The summed E-state index contributed by atoms with van der Waals surface area (Å²) in [6, 6.07) is 0.349. The number of carbonyl (C=O) groups is 1. The van der Waals surface area contributed by atoms with Gasteiger partial charge >= 0.3 is 5.97 Å². The van der Waals surface area contributed by atoms with Crippen LogP contribution in [-0.4, -0.2) is 37.9 Å². The monoisotopic (exact) mass is 213 g/mol. The van der Waals surface area contributed by atoms with E-state index in [1.165, 1.54) is 12.8 Å². The number of hydrogen-bond donors (Lipinski definition) is 1. The first-order chi connectivity index (χ1) is 7.31. The average molecular weight is 213 g/mol. The minimum absolute atomic E-state index is 0.168. The van der Waals surface area contributed by atoms with Crippen LogP contribution < -0.4 is 5.32 Å². The molecule has 4 nitrogen and oxygen atoms in total. The molecule has 1 saturated carbocycles. The fraction of sp³-hybridized carbons (Fsp3) is 0.909. The first-order valence-corrected chi connectivity index (χ1v) is 5.82. The molecule has 1 aliphatic heterocycles. The van der Waals surface area contributed by atoms with Crippen LogP contribution >= 0.6 is 0 Å². The van der Waals surface area contributed by atoms with Crippen molar-refractivity contribution < 1.29 is 14.3 Å². The summed E-state index contributed by atoms with van der Waals surface area (Å²) in [4.78, 5) is 11.2. The standard InChI is InChI=1S/C11H19NO3/c1-2-14-10(13)7-12-9-5-6-15-11(9)8-3-4-8/h8-9,11-12H,2-7H2,1H3. The van der Waals surface area contributed by atoms with Gasteiger partial charge in [0.2, 0.25) is 0 Å². The second-order valence-electron chi connectivity index (χ2n) is 4.25. The number of carbonyl (C=O) groups excluding carboxylic acids is 1. The van der Waals surface area contributed by atoms with Crippen LogP contribution in [-0.2, 0) is 14.3 Å². The Balaban J connectivity index is 1.71. The Morgan fingerprint density at radius 3 is 2.93 bits per heavy atom. The molecular weight excluding hydrogens is 194 g/mol. The van der Waals surface area contributed by atoms with Gasteiger partial charge in [0.1, 0.15) is 0 Å². The smallest absolute Gasteiger partial charge is 0.319 e. The molecule has 2 fully saturated rings. The van der Waals surface area contributed by atoms with Crippen molar-refractivity contribution in [2.45, 2.75) is 38.3 Å². The average Bonchev–Trinajstić information content (AvgIpc) is 2.96. The highest BCUT2D eigenvalue weighted by Gasteiger charge is 2.40. The van der Waals surface area contributed by atoms with Gasteiger partial charge in [0, 0.05) is 12.6 Å². The molecule has 4 heteroatoms. The molecule has 1 saturated heterocycles. The maximum absolute atomic E-state index is 11.2. The molecule has 2 atom stereocenters. The SMILES string of the molecule is CCOC(=O)CNC1CCOC1C1CC1. The molecule has 0 aromatic heterocycles. The lowest BCUT2D eigenvalue weighted by atomic mass is 10.1. The van der Waals surface area contributed by atoms with E-state index in [0.29, 0.717) is 25.3 Å². The molecule has 0 aromatic rings. The molecule has 1 heterocycles. The van der Waals surface area contributed by atoms with E-state index in [4.69, 9.17) is 9.47 Å². The first-order valence-electron chi connectivity index (χ1n) is 5.82. The highest BCUT2D eigenvalue weighted by molar-refractivity contribution is 5.71. The number of rotatable bonds is 5. The molecule has 0 spiro atoms. The molecular formula is C11H19NO3. The zero-order valence-corrected chi connectivity index (χ0v) is 9.20. The predicted octanol–water partition coefficient (Wildman–Crippen LogP) is 0.707. The van der Waals surface area contributed by atoms with Crippen LogP contribution in [0, 0.1) is 5.92 Å². The summed E-state index contributed by atoms with van der Waals surface area (Å²) in [5.41, 5.74) is 0. The second-order valence-corrected chi connectivity index (χ2v) is 4.25. The van der Waals surface area contributed by atoms with Gasteiger partial charge in [-0.3, -0.25) is 4.79 Å². The Bertz CT molecular complexity index is 228. The maximum atomic E-state index is 11.2. The number of esters is 1. The van der Waals surface area contributed by atoms with Crippen LogP contribution in [0.25, 0.3) is 0 Å². The Morgan fingerprint density at radius 2 is 2.27 bits per heavy atom. The molecule has 1 N–H and O–H groups in total.